The third-order valence-corrected chi connectivity index (χ3v) is 6.95. The van der Waals surface area contributed by atoms with Crippen LogP contribution in [0.15, 0.2) is 30.3 Å². The molecule has 1 amide bonds. The summed E-state index contributed by atoms with van der Waals surface area (Å²) >= 11 is 0. The highest BCUT2D eigenvalue weighted by Crippen LogP contribution is 2.57. The van der Waals surface area contributed by atoms with Gasteiger partial charge in [-0.05, 0) is 12.0 Å². The normalized spacial score (nSPS) is 23.4. The first-order valence-corrected chi connectivity index (χ1v) is 11.7. The molecule has 1 saturated heterocycles. The molecule has 1 aromatic rings. The van der Waals surface area contributed by atoms with Gasteiger partial charge in [-0.3, -0.25) is 23.5 Å². The Morgan fingerprint density at radius 2 is 1.87 bits per heavy atom. The van der Waals surface area contributed by atoms with Crippen molar-refractivity contribution in [3.8, 4) is 0 Å². The number of esters is 2. The summed E-state index contributed by atoms with van der Waals surface area (Å²) in [5, 5.41) is 2.61. The number of hydrogen-bond donors (Lipinski definition) is 1. The van der Waals surface area contributed by atoms with Crippen LogP contribution in [0.3, 0.4) is 0 Å². The molecule has 1 heterocycles. The van der Waals surface area contributed by atoms with Crippen LogP contribution >= 0.6 is 7.60 Å². The van der Waals surface area contributed by atoms with E-state index in [4.69, 9.17) is 13.8 Å². The number of hydrogen-bond acceptors (Lipinski definition) is 8. The summed E-state index contributed by atoms with van der Waals surface area (Å²) in [5.41, 5.74) is 0.114. The number of benzene rings is 1. The van der Waals surface area contributed by atoms with Crippen molar-refractivity contribution in [2.75, 3.05) is 33.5 Å². The van der Waals surface area contributed by atoms with Crippen molar-refractivity contribution in [3.05, 3.63) is 35.9 Å². The molecule has 10 heteroatoms. The highest BCUT2D eigenvalue weighted by atomic mass is 31.2. The third-order valence-electron chi connectivity index (χ3n) is 5.01. The van der Waals surface area contributed by atoms with Crippen molar-refractivity contribution >= 4 is 25.4 Å². The second-order valence-electron chi connectivity index (χ2n) is 8.07. The SMILES string of the molecule is COC(=O)CCNC(=O)[C@@H]1OP(=O)(C[C@@H](Cc2ccccc2)C(=O)OC)OCC1(C)C. The van der Waals surface area contributed by atoms with Gasteiger partial charge >= 0.3 is 19.5 Å². The van der Waals surface area contributed by atoms with E-state index in [1.54, 1.807) is 13.8 Å². The van der Waals surface area contributed by atoms with E-state index in [0.717, 1.165) is 5.56 Å². The Labute approximate surface area is 182 Å². The molecule has 1 aliphatic heterocycles. The van der Waals surface area contributed by atoms with E-state index in [1.165, 1.54) is 14.2 Å². The number of carbonyl (C=O) groups is 3. The van der Waals surface area contributed by atoms with E-state index in [1.807, 2.05) is 30.3 Å². The van der Waals surface area contributed by atoms with Crippen molar-refractivity contribution in [2.24, 2.45) is 11.3 Å². The minimum absolute atomic E-state index is 0.00500. The summed E-state index contributed by atoms with van der Waals surface area (Å²) in [7, 11) is -1.25. The lowest BCUT2D eigenvalue weighted by Crippen LogP contribution is -2.50. The zero-order chi connectivity index (χ0) is 23.1. The predicted molar refractivity (Wildman–Crippen MR) is 112 cm³/mol. The Bertz CT molecular complexity index is 826. The van der Waals surface area contributed by atoms with Crippen molar-refractivity contribution in [1.82, 2.24) is 5.32 Å². The molecule has 31 heavy (non-hydrogen) atoms. The van der Waals surface area contributed by atoms with Crippen LogP contribution in [0, 0.1) is 11.3 Å². The molecular formula is C21H30NO8P. The second kappa shape index (κ2) is 10.9. The maximum Gasteiger partial charge on any atom is 0.332 e. The highest BCUT2D eigenvalue weighted by Gasteiger charge is 2.49. The molecule has 0 bridgehead atoms. The minimum Gasteiger partial charge on any atom is -0.469 e. The second-order valence-corrected chi connectivity index (χ2v) is 10.1. The minimum atomic E-state index is -3.77. The number of ether oxygens (including phenoxy) is 2. The topological polar surface area (TPSA) is 117 Å². The molecule has 0 aromatic heterocycles. The fourth-order valence-corrected chi connectivity index (χ4v) is 5.51. The van der Waals surface area contributed by atoms with Gasteiger partial charge in [-0.25, -0.2) is 0 Å². The molecule has 2 rings (SSSR count). The Kier molecular flexibility index (Phi) is 8.79. The van der Waals surface area contributed by atoms with E-state index in [9.17, 15) is 18.9 Å². The van der Waals surface area contributed by atoms with Crippen LogP contribution in [0.4, 0.5) is 0 Å². The van der Waals surface area contributed by atoms with Gasteiger partial charge in [-0.1, -0.05) is 44.2 Å². The van der Waals surface area contributed by atoms with Crippen LogP contribution in [0.2, 0.25) is 0 Å². The van der Waals surface area contributed by atoms with Gasteiger partial charge in [0.1, 0.15) is 0 Å². The number of amides is 1. The van der Waals surface area contributed by atoms with Crippen molar-refractivity contribution in [1.29, 1.82) is 0 Å². The quantitative estimate of drug-likeness (QED) is 0.445. The standard InChI is InChI=1S/C21H30NO8P/c1-21(2)14-29-31(26,30-18(21)19(24)22-11-10-17(23)27-3)13-16(20(25)28-4)12-15-8-6-5-7-9-15/h5-9,16,18H,10-14H2,1-4H3,(H,22,24)/t16-,18+,31?/m1/s1. The Hall–Kier alpha value is -2.22. The van der Waals surface area contributed by atoms with E-state index in [0.29, 0.717) is 6.42 Å². The molecule has 9 nitrogen and oxygen atoms in total. The van der Waals surface area contributed by atoms with Gasteiger partial charge in [-0.2, -0.15) is 0 Å². The molecule has 172 valence electrons. The van der Waals surface area contributed by atoms with Gasteiger partial charge in [0.25, 0.3) is 0 Å². The lowest BCUT2D eigenvalue weighted by Gasteiger charge is -2.40. The summed E-state index contributed by atoms with van der Waals surface area (Å²) in [6.07, 6.45) is -0.981. The average Bonchev–Trinajstić information content (AvgIpc) is 2.75. The van der Waals surface area contributed by atoms with Gasteiger partial charge in [-0.15, -0.1) is 0 Å². The van der Waals surface area contributed by atoms with Crippen LogP contribution < -0.4 is 5.32 Å². The monoisotopic (exact) mass is 455 g/mol. The van der Waals surface area contributed by atoms with Crippen LogP contribution in [0.25, 0.3) is 0 Å². The molecule has 1 aromatic carbocycles. The van der Waals surface area contributed by atoms with E-state index in [-0.39, 0.29) is 25.7 Å². The van der Waals surface area contributed by atoms with Crippen LogP contribution in [-0.2, 0) is 43.9 Å². The van der Waals surface area contributed by atoms with Crippen LogP contribution in [0.1, 0.15) is 25.8 Å². The molecule has 0 saturated carbocycles. The van der Waals surface area contributed by atoms with Gasteiger partial charge in [0, 0.05) is 12.0 Å². The number of carbonyl (C=O) groups excluding carboxylic acids is 3. The molecule has 0 aliphatic carbocycles. The van der Waals surface area contributed by atoms with Gasteiger partial charge in [0.15, 0.2) is 6.10 Å². The highest BCUT2D eigenvalue weighted by molar-refractivity contribution is 7.54. The largest absolute Gasteiger partial charge is 0.469 e. The first-order chi connectivity index (χ1) is 14.6. The molecule has 0 spiro atoms. The fourth-order valence-electron chi connectivity index (χ4n) is 3.21. The number of nitrogens with one attached hydrogen (secondary N) is 1. The van der Waals surface area contributed by atoms with Crippen molar-refractivity contribution in [3.63, 3.8) is 0 Å². The maximum atomic E-state index is 13.4. The predicted octanol–water partition coefficient (Wildman–Crippen LogP) is 2.33. The first-order valence-electron chi connectivity index (χ1n) is 9.98. The summed E-state index contributed by atoms with van der Waals surface area (Å²) < 4.78 is 34.1. The third kappa shape index (κ3) is 7.16. The zero-order valence-electron chi connectivity index (χ0n) is 18.3. The number of methoxy groups -OCH3 is 2. The molecule has 3 atom stereocenters. The molecular weight excluding hydrogens is 425 g/mol. The van der Waals surface area contributed by atoms with E-state index in [2.05, 4.69) is 10.1 Å². The average molecular weight is 455 g/mol. The summed E-state index contributed by atoms with van der Waals surface area (Å²) in [6.45, 7) is 3.58. The van der Waals surface area contributed by atoms with Gasteiger partial charge < -0.3 is 19.3 Å². The van der Waals surface area contributed by atoms with Gasteiger partial charge in [0.05, 0.1) is 39.3 Å². The lowest BCUT2D eigenvalue weighted by atomic mass is 9.87. The summed E-state index contributed by atoms with van der Waals surface area (Å²) in [5.74, 6) is -2.26. The number of rotatable bonds is 9. The smallest absolute Gasteiger partial charge is 0.332 e. The Balaban J connectivity index is 2.11. The summed E-state index contributed by atoms with van der Waals surface area (Å²) in [4.78, 5) is 36.3. The molecule has 1 N–H and O–H groups in total. The van der Waals surface area contributed by atoms with Crippen molar-refractivity contribution < 1.29 is 37.5 Å². The van der Waals surface area contributed by atoms with E-state index >= 15 is 0 Å². The molecule has 0 radical (unpaired) electrons. The molecule has 1 fully saturated rings. The molecule has 1 aliphatic rings. The first kappa shape index (κ1) is 25.0. The van der Waals surface area contributed by atoms with Crippen LogP contribution in [-0.4, -0.2) is 57.5 Å². The summed E-state index contributed by atoms with van der Waals surface area (Å²) in [6, 6.07) is 9.26. The Morgan fingerprint density at radius 3 is 2.48 bits per heavy atom. The van der Waals surface area contributed by atoms with Crippen molar-refractivity contribution in [2.45, 2.75) is 32.8 Å². The lowest BCUT2D eigenvalue weighted by molar-refractivity contribution is -0.145. The molecule has 1 unspecified atom stereocenters. The fraction of sp³-hybridized carbons (Fsp3) is 0.571. The Morgan fingerprint density at radius 1 is 1.19 bits per heavy atom. The van der Waals surface area contributed by atoms with E-state index < -0.39 is 42.9 Å². The van der Waals surface area contributed by atoms with Gasteiger partial charge in [0.2, 0.25) is 5.91 Å². The maximum absolute atomic E-state index is 13.4. The van der Waals surface area contributed by atoms with Crippen LogP contribution in [0.5, 0.6) is 0 Å². The zero-order valence-corrected chi connectivity index (χ0v) is 19.2.